The summed E-state index contributed by atoms with van der Waals surface area (Å²) >= 11 is 0. The minimum Gasteiger partial charge on any atom is -0.379 e. The number of nitrogens with one attached hydrogen (secondary N) is 1. The number of nitrogens with zero attached hydrogens (tertiary/aromatic N) is 4. The van der Waals surface area contributed by atoms with Gasteiger partial charge in [0, 0.05) is 31.1 Å². The molecule has 8 heteroatoms. The molecule has 0 saturated carbocycles. The van der Waals surface area contributed by atoms with Crippen LogP contribution < -0.4 is 5.32 Å². The number of amides is 1. The first-order valence-electron chi connectivity index (χ1n) is 10.6. The second-order valence-electron chi connectivity index (χ2n) is 8.14. The lowest BCUT2D eigenvalue weighted by Crippen LogP contribution is -2.43. The van der Waals surface area contributed by atoms with Gasteiger partial charge in [0.25, 0.3) is 5.91 Å². The first-order chi connectivity index (χ1) is 14.9. The maximum absolute atomic E-state index is 13.4. The standard InChI is InChI=1S/C23H28FN5O2/c1-15(2)29-22-18(13-26-29)12-20(16(3)27-22)23(30)25-14-21(28-8-10-31-11-9-28)17-4-6-19(24)7-5-17/h4-7,12-13,15,21H,8-11,14H2,1-3H3,(H,25,30)/t21-/m0/s1. The second kappa shape index (κ2) is 9.11. The number of carbonyl (C=O) groups is 1. The molecule has 1 atom stereocenters. The van der Waals surface area contributed by atoms with E-state index in [2.05, 4.69) is 20.3 Å². The number of benzene rings is 1. The Balaban J connectivity index is 1.54. The number of hydrogen-bond donors (Lipinski definition) is 1. The van der Waals surface area contributed by atoms with Gasteiger partial charge in [0.2, 0.25) is 0 Å². The molecule has 1 saturated heterocycles. The zero-order valence-electron chi connectivity index (χ0n) is 18.1. The Morgan fingerprint density at radius 2 is 1.94 bits per heavy atom. The predicted octanol–water partition coefficient (Wildman–Crippen LogP) is 3.26. The molecule has 1 amide bonds. The minimum atomic E-state index is -0.273. The van der Waals surface area contributed by atoms with Crippen molar-refractivity contribution >= 4 is 16.9 Å². The largest absolute Gasteiger partial charge is 0.379 e. The molecular formula is C23H28FN5O2. The molecule has 1 aromatic carbocycles. The van der Waals surface area contributed by atoms with Gasteiger partial charge in [-0.1, -0.05) is 12.1 Å². The van der Waals surface area contributed by atoms with E-state index in [4.69, 9.17) is 4.74 Å². The van der Waals surface area contributed by atoms with Crippen LogP contribution in [-0.2, 0) is 4.74 Å². The van der Waals surface area contributed by atoms with Crippen LogP contribution in [0.25, 0.3) is 11.0 Å². The third kappa shape index (κ3) is 4.60. The maximum Gasteiger partial charge on any atom is 0.253 e. The van der Waals surface area contributed by atoms with Crippen molar-refractivity contribution in [1.82, 2.24) is 25.0 Å². The first-order valence-corrected chi connectivity index (χ1v) is 10.6. The molecule has 0 radical (unpaired) electrons. The fourth-order valence-corrected chi connectivity index (χ4v) is 3.99. The van der Waals surface area contributed by atoms with Gasteiger partial charge in [0.05, 0.1) is 36.7 Å². The van der Waals surface area contributed by atoms with E-state index in [1.807, 2.05) is 31.5 Å². The summed E-state index contributed by atoms with van der Waals surface area (Å²) in [5, 5.41) is 8.29. The Bertz CT molecular complexity index is 1060. The normalized spacial score (nSPS) is 16.0. The zero-order chi connectivity index (χ0) is 22.0. The number of carbonyl (C=O) groups excluding carboxylic acids is 1. The summed E-state index contributed by atoms with van der Waals surface area (Å²) in [4.78, 5) is 19.9. The van der Waals surface area contributed by atoms with Crippen molar-refractivity contribution in [3.05, 3.63) is 59.2 Å². The fourth-order valence-electron chi connectivity index (χ4n) is 3.99. The van der Waals surface area contributed by atoms with Gasteiger partial charge in [-0.25, -0.2) is 14.1 Å². The number of aromatic nitrogens is 3. The smallest absolute Gasteiger partial charge is 0.253 e. The van der Waals surface area contributed by atoms with Crippen LogP contribution in [0.3, 0.4) is 0 Å². The van der Waals surface area contributed by atoms with Crippen LogP contribution in [0, 0.1) is 12.7 Å². The predicted molar refractivity (Wildman–Crippen MR) is 117 cm³/mol. The molecule has 1 N–H and O–H groups in total. The zero-order valence-corrected chi connectivity index (χ0v) is 18.1. The molecule has 0 spiro atoms. The van der Waals surface area contributed by atoms with Crippen LogP contribution >= 0.6 is 0 Å². The highest BCUT2D eigenvalue weighted by molar-refractivity contribution is 5.98. The van der Waals surface area contributed by atoms with Crippen molar-refractivity contribution in [3.8, 4) is 0 Å². The van der Waals surface area contributed by atoms with Gasteiger partial charge in [-0.15, -0.1) is 0 Å². The number of halogens is 1. The van der Waals surface area contributed by atoms with Crippen LogP contribution in [0.1, 0.15) is 47.5 Å². The van der Waals surface area contributed by atoms with Crippen LogP contribution in [0.15, 0.2) is 36.5 Å². The monoisotopic (exact) mass is 425 g/mol. The summed E-state index contributed by atoms with van der Waals surface area (Å²) in [6, 6.07) is 8.45. The van der Waals surface area contributed by atoms with Gasteiger partial charge in [0.1, 0.15) is 5.82 Å². The van der Waals surface area contributed by atoms with Gasteiger partial charge in [-0.2, -0.15) is 5.10 Å². The number of pyridine rings is 1. The Morgan fingerprint density at radius 1 is 1.23 bits per heavy atom. The topological polar surface area (TPSA) is 72.3 Å². The Kier molecular flexibility index (Phi) is 6.29. The summed E-state index contributed by atoms with van der Waals surface area (Å²) in [5.41, 5.74) is 2.95. The number of aryl methyl sites for hydroxylation is 1. The molecule has 1 aliphatic heterocycles. The number of rotatable bonds is 6. The highest BCUT2D eigenvalue weighted by Gasteiger charge is 2.24. The molecule has 2 aromatic heterocycles. The molecule has 0 aliphatic carbocycles. The summed E-state index contributed by atoms with van der Waals surface area (Å²) in [7, 11) is 0. The van der Waals surface area contributed by atoms with E-state index in [1.165, 1.54) is 12.1 Å². The average molecular weight is 426 g/mol. The van der Waals surface area contributed by atoms with Gasteiger partial charge < -0.3 is 10.1 Å². The first kappa shape index (κ1) is 21.4. The van der Waals surface area contributed by atoms with Gasteiger partial charge >= 0.3 is 0 Å². The van der Waals surface area contributed by atoms with Crippen molar-refractivity contribution in [3.63, 3.8) is 0 Å². The number of ether oxygens (including phenoxy) is 1. The van der Waals surface area contributed by atoms with Crippen molar-refractivity contribution in [2.75, 3.05) is 32.8 Å². The van der Waals surface area contributed by atoms with Crippen LogP contribution in [-0.4, -0.2) is 58.4 Å². The average Bonchev–Trinajstić information content (AvgIpc) is 3.18. The second-order valence-corrected chi connectivity index (χ2v) is 8.14. The summed E-state index contributed by atoms with van der Waals surface area (Å²) in [5.74, 6) is -0.449. The summed E-state index contributed by atoms with van der Waals surface area (Å²) in [6.07, 6.45) is 1.74. The molecule has 164 valence electrons. The minimum absolute atomic E-state index is 0.0610. The lowest BCUT2D eigenvalue weighted by atomic mass is 10.0. The molecule has 0 unspecified atom stereocenters. The third-order valence-corrected chi connectivity index (χ3v) is 5.69. The number of morpholine rings is 1. The molecule has 1 fully saturated rings. The van der Waals surface area contributed by atoms with E-state index in [1.54, 1.807) is 18.3 Å². The highest BCUT2D eigenvalue weighted by atomic mass is 19.1. The molecule has 1 aliphatic rings. The van der Waals surface area contributed by atoms with E-state index >= 15 is 0 Å². The van der Waals surface area contributed by atoms with E-state index in [0.29, 0.717) is 31.0 Å². The number of fused-ring (bicyclic) bond motifs is 1. The SMILES string of the molecule is Cc1nc2c(cnn2C(C)C)cc1C(=O)NC[C@@H](c1ccc(F)cc1)N1CCOCC1. The van der Waals surface area contributed by atoms with Crippen molar-refractivity contribution < 1.29 is 13.9 Å². The highest BCUT2D eigenvalue weighted by Crippen LogP contribution is 2.23. The van der Waals surface area contributed by atoms with Gasteiger partial charge in [-0.05, 0) is 44.5 Å². The Hall–Kier alpha value is -2.84. The Labute approximate surface area is 181 Å². The Morgan fingerprint density at radius 3 is 2.61 bits per heavy atom. The van der Waals surface area contributed by atoms with E-state index in [0.717, 1.165) is 29.7 Å². The van der Waals surface area contributed by atoms with Crippen LogP contribution in [0.5, 0.6) is 0 Å². The lowest BCUT2D eigenvalue weighted by molar-refractivity contribution is 0.0162. The number of hydrogen-bond acceptors (Lipinski definition) is 5. The van der Waals surface area contributed by atoms with Gasteiger partial charge in [0.15, 0.2) is 5.65 Å². The van der Waals surface area contributed by atoms with E-state index in [-0.39, 0.29) is 23.8 Å². The molecule has 31 heavy (non-hydrogen) atoms. The fraction of sp³-hybridized carbons (Fsp3) is 0.435. The molecule has 3 aromatic rings. The molecule has 7 nitrogen and oxygen atoms in total. The van der Waals surface area contributed by atoms with Crippen molar-refractivity contribution in [1.29, 1.82) is 0 Å². The van der Waals surface area contributed by atoms with E-state index < -0.39 is 0 Å². The van der Waals surface area contributed by atoms with Crippen molar-refractivity contribution in [2.45, 2.75) is 32.9 Å². The lowest BCUT2D eigenvalue weighted by Gasteiger charge is -2.35. The van der Waals surface area contributed by atoms with Crippen molar-refractivity contribution in [2.24, 2.45) is 0 Å². The van der Waals surface area contributed by atoms with Gasteiger partial charge in [-0.3, -0.25) is 9.69 Å². The van der Waals surface area contributed by atoms with Crippen LogP contribution in [0.4, 0.5) is 4.39 Å². The van der Waals surface area contributed by atoms with Crippen LogP contribution in [0.2, 0.25) is 0 Å². The third-order valence-electron chi connectivity index (χ3n) is 5.69. The molecular weight excluding hydrogens is 397 g/mol. The summed E-state index contributed by atoms with van der Waals surface area (Å²) in [6.45, 7) is 9.16. The summed E-state index contributed by atoms with van der Waals surface area (Å²) < 4.78 is 20.8. The van der Waals surface area contributed by atoms with E-state index in [9.17, 15) is 9.18 Å². The quantitative estimate of drug-likeness (QED) is 0.656. The molecule has 0 bridgehead atoms. The maximum atomic E-state index is 13.4. The molecule has 4 rings (SSSR count). The molecule has 3 heterocycles.